The third-order valence-corrected chi connectivity index (χ3v) is 9.21. The number of fused-ring (bicyclic) bond motifs is 1. The van der Waals surface area contributed by atoms with Crippen LogP contribution in [0.3, 0.4) is 0 Å². The third kappa shape index (κ3) is 5.35. The van der Waals surface area contributed by atoms with E-state index in [0.717, 1.165) is 10.4 Å². The molecule has 0 spiro atoms. The van der Waals surface area contributed by atoms with E-state index in [1.54, 1.807) is 67.6 Å². The van der Waals surface area contributed by atoms with Gasteiger partial charge in [0.2, 0.25) is 11.8 Å². The second-order valence-corrected chi connectivity index (χ2v) is 12.6. The van der Waals surface area contributed by atoms with E-state index >= 15 is 0 Å². The molecule has 200 valence electrons. The van der Waals surface area contributed by atoms with E-state index in [4.69, 9.17) is 0 Å². The average molecular weight is 562 g/mol. The molecule has 3 amide bonds. The van der Waals surface area contributed by atoms with Crippen molar-refractivity contribution in [1.29, 1.82) is 0 Å². The van der Waals surface area contributed by atoms with Crippen LogP contribution in [0, 0.1) is 0 Å². The maximum atomic E-state index is 13.4. The highest BCUT2D eigenvalue weighted by molar-refractivity contribution is 8.01. The molecule has 2 aliphatic heterocycles. The minimum atomic E-state index is -1.07. The number of thiophene rings is 1. The molecule has 0 aliphatic carbocycles. The Labute approximate surface area is 234 Å². The standard InChI is InChI=1S/C29H27N3O5S2/c1-29(2)23(28(36)37)32-26(35)22(27(32)39-29)31-25(34)21(18-7-4-3-5-8-18)30-24(33)19-13-10-17(11-14-19)12-15-20-9-6-16-38-20/h3-16,21-23,27H,1-2H3,(H,30,33)(H,31,34)(H,36,37)/t21?,22-,23+,27-/m1/s1. The number of carbonyl (C=O) groups excluding carboxylic acids is 3. The Bertz CT molecular complexity index is 1420. The van der Waals surface area contributed by atoms with Crippen molar-refractivity contribution in [3.05, 3.63) is 93.7 Å². The van der Waals surface area contributed by atoms with Gasteiger partial charge in [-0.3, -0.25) is 14.4 Å². The summed E-state index contributed by atoms with van der Waals surface area (Å²) >= 11 is 2.98. The molecule has 1 unspecified atom stereocenters. The first-order chi connectivity index (χ1) is 18.7. The van der Waals surface area contributed by atoms with Crippen molar-refractivity contribution in [2.75, 3.05) is 0 Å². The zero-order valence-electron chi connectivity index (χ0n) is 21.2. The van der Waals surface area contributed by atoms with Gasteiger partial charge in [-0.15, -0.1) is 23.1 Å². The molecule has 0 saturated carbocycles. The van der Waals surface area contributed by atoms with E-state index in [0.29, 0.717) is 11.1 Å². The van der Waals surface area contributed by atoms with E-state index in [2.05, 4.69) is 10.6 Å². The Hall–Kier alpha value is -3.89. The van der Waals surface area contributed by atoms with Crippen LogP contribution in [-0.2, 0) is 14.4 Å². The number of nitrogens with zero attached hydrogens (tertiary/aromatic N) is 1. The number of carbonyl (C=O) groups is 4. The normalized spacial score (nSPS) is 22.2. The molecule has 0 bridgehead atoms. The summed E-state index contributed by atoms with van der Waals surface area (Å²) in [7, 11) is 0. The van der Waals surface area contributed by atoms with Gasteiger partial charge in [-0.1, -0.05) is 54.6 Å². The van der Waals surface area contributed by atoms with Crippen LogP contribution in [0.25, 0.3) is 12.2 Å². The van der Waals surface area contributed by atoms with Crippen LogP contribution in [-0.4, -0.2) is 55.9 Å². The highest BCUT2D eigenvalue weighted by atomic mass is 32.2. The number of hydrogen-bond donors (Lipinski definition) is 3. The minimum absolute atomic E-state index is 0.389. The molecule has 39 heavy (non-hydrogen) atoms. The number of amides is 3. The first-order valence-corrected chi connectivity index (χ1v) is 14.1. The lowest BCUT2D eigenvalue weighted by atomic mass is 9.95. The number of β-lactam (4-membered cyclic amide) rings is 1. The van der Waals surface area contributed by atoms with Crippen LogP contribution >= 0.6 is 23.1 Å². The molecule has 0 radical (unpaired) electrons. The Morgan fingerprint density at radius 3 is 2.36 bits per heavy atom. The van der Waals surface area contributed by atoms with E-state index in [-0.39, 0.29) is 0 Å². The lowest BCUT2D eigenvalue weighted by molar-refractivity contribution is -0.161. The highest BCUT2D eigenvalue weighted by Crippen LogP contribution is 2.50. The molecule has 3 N–H and O–H groups in total. The molecule has 4 atom stereocenters. The summed E-state index contributed by atoms with van der Waals surface area (Å²) in [4.78, 5) is 53.7. The van der Waals surface area contributed by atoms with Crippen LogP contribution < -0.4 is 10.6 Å². The maximum absolute atomic E-state index is 13.4. The van der Waals surface area contributed by atoms with Gasteiger partial charge in [-0.25, -0.2) is 4.79 Å². The van der Waals surface area contributed by atoms with Crippen LogP contribution in [0.4, 0.5) is 0 Å². The van der Waals surface area contributed by atoms with Gasteiger partial charge in [-0.2, -0.15) is 0 Å². The van der Waals surface area contributed by atoms with E-state index in [1.165, 1.54) is 16.7 Å². The number of carboxylic acid groups (broad SMARTS) is 1. The predicted molar refractivity (Wildman–Crippen MR) is 152 cm³/mol. The molecule has 1 aromatic heterocycles. The van der Waals surface area contributed by atoms with E-state index in [9.17, 15) is 24.3 Å². The average Bonchev–Trinajstić information content (AvgIpc) is 3.53. The highest BCUT2D eigenvalue weighted by Gasteiger charge is 2.64. The van der Waals surface area contributed by atoms with E-state index in [1.807, 2.05) is 41.8 Å². The second-order valence-electron chi connectivity index (χ2n) is 9.87. The fraction of sp³-hybridized carbons (Fsp3) is 0.241. The molecule has 8 nitrogen and oxygen atoms in total. The lowest BCUT2D eigenvalue weighted by Gasteiger charge is -2.44. The first-order valence-electron chi connectivity index (χ1n) is 12.4. The number of aliphatic carboxylic acids is 1. The van der Waals surface area contributed by atoms with Crippen molar-refractivity contribution < 1.29 is 24.3 Å². The van der Waals surface area contributed by atoms with Crippen LogP contribution in [0.5, 0.6) is 0 Å². The molecular formula is C29H27N3O5S2. The second kappa shape index (κ2) is 10.7. The van der Waals surface area contributed by atoms with Gasteiger partial charge in [0.25, 0.3) is 5.91 Å². The van der Waals surface area contributed by atoms with Crippen molar-refractivity contribution in [3.63, 3.8) is 0 Å². The fourth-order valence-electron chi connectivity index (χ4n) is 4.85. The zero-order valence-corrected chi connectivity index (χ0v) is 22.9. The van der Waals surface area contributed by atoms with Crippen molar-refractivity contribution >= 4 is 58.9 Å². The minimum Gasteiger partial charge on any atom is -0.480 e. The SMILES string of the molecule is CC1(C)S[C@@H]2[C@H](NC(=O)C(NC(=O)c3ccc(C=Cc4cccs4)cc3)c3ccccc3)C(=O)N2[C@H]1C(=O)O. The summed E-state index contributed by atoms with van der Waals surface area (Å²) in [6.45, 7) is 3.55. The Morgan fingerprint density at radius 1 is 1.00 bits per heavy atom. The molecule has 10 heteroatoms. The number of nitrogens with one attached hydrogen (secondary N) is 2. The van der Waals surface area contributed by atoms with Gasteiger partial charge in [-0.05, 0) is 54.6 Å². The number of rotatable bonds is 8. The fourth-order valence-corrected chi connectivity index (χ4v) is 7.10. The van der Waals surface area contributed by atoms with Crippen LogP contribution in [0.1, 0.15) is 46.3 Å². The summed E-state index contributed by atoms with van der Waals surface area (Å²) in [6.07, 6.45) is 3.96. The summed E-state index contributed by atoms with van der Waals surface area (Å²) in [6, 6.07) is 16.9. The molecule has 5 rings (SSSR count). The summed E-state index contributed by atoms with van der Waals surface area (Å²) in [5.41, 5.74) is 1.88. The van der Waals surface area contributed by atoms with Gasteiger partial charge in [0.05, 0.1) is 0 Å². The number of carboxylic acids is 1. The maximum Gasteiger partial charge on any atom is 0.327 e. The molecule has 2 aromatic carbocycles. The Morgan fingerprint density at radius 2 is 1.72 bits per heavy atom. The number of benzene rings is 2. The number of hydrogen-bond acceptors (Lipinski definition) is 6. The summed E-state index contributed by atoms with van der Waals surface area (Å²) in [5.74, 6) is -2.49. The van der Waals surface area contributed by atoms with Crippen LogP contribution in [0.15, 0.2) is 72.1 Å². The smallest absolute Gasteiger partial charge is 0.327 e. The zero-order chi connectivity index (χ0) is 27.7. The van der Waals surface area contributed by atoms with Crippen molar-refractivity contribution in [1.82, 2.24) is 15.5 Å². The quantitative estimate of drug-likeness (QED) is 0.358. The van der Waals surface area contributed by atoms with Gasteiger partial charge in [0.15, 0.2) is 0 Å². The summed E-state index contributed by atoms with van der Waals surface area (Å²) < 4.78 is -0.705. The van der Waals surface area contributed by atoms with Gasteiger partial charge < -0.3 is 20.6 Å². The molecule has 2 aliphatic rings. The third-order valence-electron chi connectivity index (χ3n) is 6.80. The summed E-state index contributed by atoms with van der Waals surface area (Å²) in [5, 5.41) is 16.7. The van der Waals surface area contributed by atoms with Crippen molar-refractivity contribution in [2.45, 2.75) is 42.1 Å². The largest absolute Gasteiger partial charge is 0.480 e. The molecule has 3 heterocycles. The van der Waals surface area contributed by atoms with E-state index < -0.39 is 51.9 Å². The first kappa shape index (κ1) is 26.7. The topological polar surface area (TPSA) is 116 Å². The number of thioether (sulfide) groups is 1. The molecule has 2 saturated heterocycles. The Kier molecular flexibility index (Phi) is 7.33. The van der Waals surface area contributed by atoms with Gasteiger partial charge >= 0.3 is 5.97 Å². The molecular weight excluding hydrogens is 534 g/mol. The Balaban J connectivity index is 1.30. The van der Waals surface area contributed by atoms with Crippen molar-refractivity contribution in [3.8, 4) is 0 Å². The molecule has 2 fully saturated rings. The van der Waals surface area contributed by atoms with Gasteiger partial charge in [0.1, 0.15) is 23.5 Å². The predicted octanol–water partition coefficient (Wildman–Crippen LogP) is 4.02. The monoisotopic (exact) mass is 561 g/mol. The van der Waals surface area contributed by atoms with Gasteiger partial charge in [0, 0.05) is 15.2 Å². The molecule has 3 aromatic rings. The van der Waals surface area contributed by atoms with Crippen molar-refractivity contribution in [2.24, 2.45) is 0 Å². The van der Waals surface area contributed by atoms with Crippen LogP contribution in [0.2, 0.25) is 0 Å². The lowest BCUT2D eigenvalue weighted by Crippen LogP contribution is -2.71.